The summed E-state index contributed by atoms with van der Waals surface area (Å²) in [5, 5.41) is 23.8. The molecule has 0 radical (unpaired) electrons. The topological polar surface area (TPSA) is 106 Å². The summed E-state index contributed by atoms with van der Waals surface area (Å²) in [5.41, 5.74) is 2.21. The zero-order chi connectivity index (χ0) is 21.9. The molecule has 0 unspecified atom stereocenters. The van der Waals surface area contributed by atoms with Crippen LogP contribution < -0.4 is 4.90 Å². The van der Waals surface area contributed by atoms with E-state index in [-0.39, 0.29) is 16.7 Å². The van der Waals surface area contributed by atoms with Gasteiger partial charge in [0.15, 0.2) is 5.82 Å². The molecule has 2 aliphatic rings. The third-order valence-corrected chi connectivity index (χ3v) is 6.54. The first-order valence-corrected chi connectivity index (χ1v) is 11.1. The Balaban J connectivity index is 1.37. The van der Waals surface area contributed by atoms with Crippen molar-refractivity contribution in [3.05, 3.63) is 70.3 Å². The number of nitrogens with zero attached hydrogens (tertiary/aromatic N) is 8. The Labute approximate surface area is 186 Å². The highest BCUT2D eigenvalue weighted by atomic mass is 16.6. The maximum atomic E-state index is 10.9. The summed E-state index contributed by atoms with van der Waals surface area (Å²) in [7, 11) is 0. The lowest BCUT2D eigenvalue weighted by molar-refractivity contribution is -0.384. The van der Waals surface area contributed by atoms with Crippen LogP contribution in [0.3, 0.4) is 0 Å². The summed E-state index contributed by atoms with van der Waals surface area (Å²) in [6.07, 6.45) is 8.36. The minimum absolute atomic E-state index is 0.0571. The lowest BCUT2D eigenvalue weighted by Crippen LogP contribution is -2.48. The van der Waals surface area contributed by atoms with Crippen LogP contribution in [0.4, 0.5) is 11.4 Å². The zero-order valence-corrected chi connectivity index (χ0v) is 17.8. The molecule has 10 heteroatoms. The van der Waals surface area contributed by atoms with Crippen molar-refractivity contribution in [1.82, 2.24) is 30.1 Å². The Morgan fingerprint density at radius 1 is 1.03 bits per heavy atom. The summed E-state index contributed by atoms with van der Waals surface area (Å²) >= 11 is 0. The van der Waals surface area contributed by atoms with Gasteiger partial charge in [0.25, 0.3) is 5.69 Å². The van der Waals surface area contributed by atoms with E-state index in [1.54, 1.807) is 18.3 Å². The number of benzene rings is 1. The number of non-ortho nitro benzene ring substituents is 1. The van der Waals surface area contributed by atoms with Gasteiger partial charge in [-0.2, -0.15) is 0 Å². The van der Waals surface area contributed by atoms with E-state index >= 15 is 0 Å². The van der Waals surface area contributed by atoms with Gasteiger partial charge < -0.3 is 4.90 Å². The highest BCUT2D eigenvalue weighted by molar-refractivity contribution is 5.51. The second-order valence-electron chi connectivity index (χ2n) is 8.41. The third-order valence-electron chi connectivity index (χ3n) is 6.54. The van der Waals surface area contributed by atoms with Crippen molar-refractivity contribution in [3.63, 3.8) is 0 Å². The maximum Gasteiger partial charge on any atom is 0.269 e. The van der Waals surface area contributed by atoms with Crippen molar-refractivity contribution < 1.29 is 4.92 Å². The van der Waals surface area contributed by atoms with Gasteiger partial charge in [0.05, 0.1) is 17.0 Å². The van der Waals surface area contributed by atoms with Gasteiger partial charge >= 0.3 is 0 Å². The minimum atomic E-state index is -0.366. The highest BCUT2D eigenvalue weighted by Gasteiger charge is 2.33. The lowest BCUT2D eigenvalue weighted by atomic mass is 10.0. The Hall–Kier alpha value is -3.40. The third kappa shape index (κ3) is 4.05. The molecule has 2 aromatic heterocycles. The van der Waals surface area contributed by atoms with Crippen LogP contribution in [0.2, 0.25) is 0 Å². The van der Waals surface area contributed by atoms with E-state index in [0.717, 1.165) is 56.1 Å². The van der Waals surface area contributed by atoms with Crippen LogP contribution in [-0.4, -0.2) is 61.2 Å². The van der Waals surface area contributed by atoms with Crippen molar-refractivity contribution >= 4 is 11.4 Å². The van der Waals surface area contributed by atoms with Crippen LogP contribution in [0.25, 0.3) is 0 Å². The Bertz CT molecular complexity index is 1040. The lowest BCUT2D eigenvalue weighted by Gasteiger charge is -2.40. The summed E-state index contributed by atoms with van der Waals surface area (Å²) < 4.78 is 2.04. The number of tetrazole rings is 1. The number of nitro groups is 1. The number of rotatable bonds is 6. The summed E-state index contributed by atoms with van der Waals surface area (Å²) in [4.78, 5) is 19.6. The van der Waals surface area contributed by atoms with Gasteiger partial charge in [-0.25, -0.2) is 4.68 Å². The molecular weight excluding hydrogens is 408 g/mol. The Kier molecular flexibility index (Phi) is 5.76. The van der Waals surface area contributed by atoms with Gasteiger partial charge in [0.2, 0.25) is 0 Å². The van der Waals surface area contributed by atoms with Gasteiger partial charge in [-0.3, -0.25) is 20.0 Å². The molecule has 0 bridgehead atoms. The minimum Gasteiger partial charge on any atom is -0.369 e. The second-order valence-corrected chi connectivity index (χ2v) is 8.41. The van der Waals surface area contributed by atoms with E-state index in [1.807, 2.05) is 29.1 Å². The Morgan fingerprint density at radius 3 is 2.44 bits per heavy atom. The molecule has 0 spiro atoms. The SMILES string of the molecule is O=[N+]([O-])c1ccc(N2CCN([C@H](c3cccnc3)c3nnnn3C3CCCC3)CC2)cc1. The molecule has 1 aromatic carbocycles. The smallest absolute Gasteiger partial charge is 0.269 e. The Morgan fingerprint density at radius 2 is 1.78 bits per heavy atom. The second kappa shape index (κ2) is 8.99. The number of nitro benzene ring substituents is 1. The number of aromatic nitrogens is 5. The van der Waals surface area contributed by atoms with Crippen LogP contribution in [-0.2, 0) is 0 Å². The molecule has 10 nitrogen and oxygen atoms in total. The van der Waals surface area contributed by atoms with E-state index in [2.05, 4.69) is 36.4 Å². The van der Waals surface area contributed by atoms with Gasteiger partial charge in [0, 0.05) is 56.4 Å². The monoisotopic (exact) mass is 434 g/mol. The van der Waals surface area contributed by atoms with Crippen molar-refractivity contribution in [1.29, 1.82) is 0 Å². The molecule has 1 atom stereocenters. The first-order chi connectivity index (χ1) is 15.7. The molecule has 3 aromatic rings. The van der Waals surface area contributed by atoms with Crippen molar-refractivity contribution in [2.75, 3.05) is 31.1 Å². The zero-order valence-electron chi connectivity index (χ0n) is 17.8. The van der Waals surface area contributed by atoms with E-state index in [9.17, 15) is 10.1 Å². The van der Waals surface area contributed by atoms with E-state index in [1.165, 1.54) is 12.8 Å². The fourth-order valence-corrected chi connectivity index (χ4v) is 4.87. The standard InChI is InChI=1S/C22H26N8O2/c31-30(32)20-9-7-18(8-10-20)27-12-14-28(15-13-27)21(17-4-3-11-23-16-17)22-24-25-26-29(22)19-5-1-2-6-19/h3-4,7-11,16,19,21H,1-2,5-6,12-15H2/t21-/m1/s1. The largest absolute Gasteiger partial charge is 0.369 e. The number of hydrogen-bond acceptors (Lipinski definition) is 8. The summed E-state index contributed by atoms with van der Waals surface area (Å²) in [6.45, 7) is 3.29. The predicted octanol–water partition coefficient (Wildman–Crippen LogP) is 3.00. The fourth-order valence-electron chi connectivity index (χ4n) is 4.87. The molecule has 1 saturated carbocycles. The average molecular weight is 435 g/mol. The maximum absolute atomic E-state index is 10.9. The fraction of sp³-hybridized carbons (Fsp3) is 0.455. The van der Waals surface area contributed by atoms with Crippen LogP contribution in [0.15, 0.2) is 48.8 Å². The molecule has 0 N–H and O–H groups in total. The van der Waals surface area contributed by atoms with Crippen LogP contribution in [0.5, 0.6) is 0 Å². The molecule has 2 fully saturated rings. The molecule has 166 valence electrons. The molecule has 0 amide bonds. The van der Waals surface area contributed by atoms with Gasteiger partial charge in [-0.15, -0.1) is 5.10 Å². The average Bonchev–Trinajstić information content (AvgIpc) is 3.53. The molecule has 32 heavy (non-hydrogen) atoms. The first-order valence-electron chi connectivity index (χ1n) is 11.1. The first kappa shape index (κ1) is 20.5. The number of hydrogen-bond donors (Lipinski definition) is 0. The molecule has 1 aliphatic carbocycles. The number of piperazine rings is 1. The van der Waals surface area contributed by atoms with Gasteiger partial charge in [0.1, 0.15) is 0 Å². The molecule has 1 aliphatic heterocycles. The predicted molar refractivity (Wildman–Crippen MR) is 118 cm³/mol. The van der Waals surface area contributed by atoms with E-state index < -0.39 is 0 Å². The van der Waals surface area contributed by atoms with Gasteiger partial charge in [-0.05, 0) is 47.0 Å². The molecule has 5 rings (SSSR count). The van der Waals surface area contributed by atoms with Crippen LogP contribution in [0, 0.1) is 10.1 Å². The van der Waals surface area contributed by atoms with E-state index in [0.29, 0.717) is 6.04 Å². The van der Waals surface area contributed by atoms with Crippen LogP contribution in [0.1, 0.15) is 49.2 Å². The van der Waals surface area contributed by atoms with Gasteiger partial charge in [-0.1, -0.05) is 18.9 Å². The number of pyridine rings is 1. The molecular formula is C22H26N8O2. The molecule has 1 saturated heterocycles. The number of anilines is 1. The van der Waals surface area contributed by atoms with Crippen LogP contribution >= 0.6 is 0 Å². The quantitative estimate of drug-likeness (QED) is 0.431. The summed E-state index contributed by atoms with van der Waals surface area (Å²) in [6, 6.07) is 11.1. The van der Waals surface area contributed by atoms with E-state index in [4.69, 9.17) is 0 Å². The highest BCUT2D eigenvalue weighted by Crippen LogP contribution is 2.34. The van der Waals surface area contributed by atoms with Crippen molar-refractivity contribution in [2.24, 2.45) is 0 Å². The van der Waals surface area contributed by atoms with Crippen molar-refractivity contribution in [2.45, 2.75) is 37.8 Å². The normalized spacial score (nSPS) is 18.7. The summed E-state index contributed by atoms with van der Waals surface area (Å²) in [5.74, 6) is 0.883. The van der Waals surface area contributed by atoms with Crippen molar-refractivity contribution in [3.8, 4) is 0 Å². The molecule has 3 heterocycles.